The van der Waals surface area contributed by atoms with Gasteiger partial charge in [-0.25, -0.2) is 0 Å². The van der Waals surface area contributed by atoms with Gasteiger partial charge >= 0.3 is 0 Å². The highest BCUT2D eigenvalue weighted by Gasteiger charge is 2.14. The number of nitro groups is 1. The SMILES string of the molecule is N#Cc1ccc(NCCCN2CCNCC2)c([N+](=O)[O-])c1. The van der Waals surface area contributed by atoms with E-state index in [4.69, 9.17) is 5.26 Å². The minimum absolute atomic E-state index is 0.0452. The van der Waals surface area contributed by atoms with E-state index in [1.165, 1.54) is 6.07 Å². The highest BCUT2D eigenvalue weighted by molar-refractivity contribution is 5.63. The molecule has 0 aliphatic carbocycles. The summed E-state index contributed by atoms with van der Waals surface area (Å²) in [5.74, 6) is 0. The average Bonchev–Trinajstić information content (AvgIpc) is 2.52. The lowest BCUT2D eigenvalue weighted by molar-refractivity contribution is -0.384. The minimum Gasteiger partial charge on any atom is -0.379 e. The van der Waals surface area contributed by atoms with Gasteiger partial charge in [0, 0.05) is 38.8 Å². The Kier molecular flexibility index (Phi) is 5.49. The number of hydrogen-bond acceptors (Lipinski definition) is 6. The van der Waals surface area contributed by atoms with Crippen LogP contribution in [0.5, 0.6) is 0 Å². The molecule has 1 aliphatic heterocycles. The second-order valence-corrected chi connectivity index (χ2v) is 4.97. The summed E-state index contributed by atoms with van der Waals surface area (Å²) >= 11 is 0. The lowest BCUT2D eigenvalue weighted by Gasteiger charge is -2.27. The van der Waals surface area contributed by atoms with Crippen LogP contribution in [0.1, 0.15) is 12.0 Å². The van der Waals surface area contributed by atoms with Gasteiger partial charge in [-0.1, -0.05) is 0 Å². The lowest BCUT2D eigenvalue weighted by Crippen LogP contribution is -2.44. The van der Waals surface area contributed by atoms with Gasteiger partial charge in [-0.15, -0.1) is 0 Å². The van der Waals surface area contributed by atoms with E-state index < -0.39 is 4.92 Å². The van der Waals surface area contributed by atoms with Crippen molar-refractivity contribution < 1.29 is 4.92 Å². The predicted molar refractivity (Wildman–Crippen MR) is 80.2 cm³/mol. The Morgan fingerprint density at radius 2 is 2.19 bits per heavy atom. The van der Waals surface area contributed by atoms with Crippen LogP contribution in [0, 0.1) is 21.4 Å². The Morgan fingerprint density at radius 3 is 2.86 bits per heavy atom. The van der Waals surface area contributed by atoms with Crippen LogP contribution >= 0.6 is 0 Å². The van der Waals surface area contributed by atoms with Gasteiger partial charge in [0.25, 0.3) is 5.69 Å². The monoisotopic (exact) mass is 289 g/mol. The first-order chi connectivity index (χ1) is 10.2. The number of anilines is 1. The summed E-state index contributed by atoms with van der Waals surface area (Å²) < 4.78 is 0. The standard InChI is InChI=1S/C14H19N5O2/c15-11-12-2-3-13(14(10-12)19(20)21)17-4-1-7-18-8-5-16-6-9-18/h2-3,10,16-17H,1,4-9H2. The summed E-state index contributed by atoms with van der Waals surface area (Å²) in [6.45, 7) is 5.81. The number of piperazine rings is 1. The van der Waals surface area contributed by atoms with Gasteiger partial charge in [-0.3, -0.25) is 10.1 Å². The molecule has 1 saturated heterocycles. The van der Waals surface area contributed by atoms with Crippen molar-refractivity contribution in [2.45, 2.75) is 6.42 Å². The zero-order chi connectivity index (χ0) is 15.1. The summed E-state index contributed by atoms with van der Waals surface area (Å²) in [4.78, 5) is 12.9. The highest BCUT2D eigenvalue weighted by Crippen LogP contribution is 2.25. The van der Waals surface area contributed by atoms with Crippen molar-refractivity contribution in [1.82, 2.24) is 10.2 Å². The summed E-state index contributed by atoms with van der Waals surface area (Å²) in [6.07, 6.45) is 0.928. The van der Waals surface area contributed by atoms with Crippen LogP contribution in [0.4, 0.5) is 11.4 Å². The third-order valence-corrected chi connectivity index (χ3v) is 3.50. The molecule has 0 bridgehead atoms. The van der Waals surface area contributed by atoms with Crippen molar-refractivity contribution in [3.05, 3.63) is 33.9 Å². The fourth-order valence-corrected chi connectivity index (χ4v) is 2.36. The van der Waals surface area contributed by atoms with Crippen LogP contribution in [0.15, 0.2) is 18.2 Å². The number of benzene rings is 1. The first kappa shape index (κ1) is 15.2. The molecule has 1 aliphatic rings. The summed E-state index contributed by atoms with van der Waals surface area (Å²) in [6, 6.07) is 6.41. The second-order valence-electron chi connectivity index (χ2n) is 4.97. The average molecular weight is 289 g/mol. The Morgan fingerprint density at radius 1 is 1.43 bits per heavy atom. The lowest BCUT2D eigenvalue weighted by atomic mass is 10.2. The Labute approximate surface area is 123 Å². The molecule has 1 aromatic rings. The van der Waals surface area contributed by atoms with Crippen LogP contribution in [0.3, 0.4) is 0 Å². The number of nitrogens with one attached hydrogen (secondary N) is 2. The first-order valence-corrected chi connectivity index (χ1v) is 7.06. The van der Waals surface area contributed by atoms with Crippen LogP contribution in [0.25, 0.3) is 0 Å². The number of hydrogen-bond donors (Lipinski definition) is 2. The largest absolute Gasteiger partial charge is 0.379 e. The molecule has 0 unspecified atom stereocenters. The van der Waals surface area contributed by atoms with Crippen LogP contribution in [-0.4, -0.2) is 49.1 Å². The Hall–Kier alpha value is -2.17. The molecule has 112 valence electrons. The molecule has 1 aromatic carbocycles. The molecular formula is C14H19N5O2. The quantitative estimate of drug-likeness (QED) is 0.464. The van der Waals surface area contributed by atoms with Gasteiger partial charge in [0.05, 0.1) is 16.6 Å². The molecule has 2 N–H and O–H groups in total. The normalized spacial score (nSPS) is 15.4. The van der Waals surface area contributed by atoms with Crippen LogP contribution in [-0.2, 0) is 0 Å². The van der Waals surface area contributed by atoms with E-state index in [0.29, 0.717) is 17.8 Å². The van der Waals surface area contributed by atoms with Gasteiger partial charge in [0.15, 0.2) is 0 Å². The second kappa shape index (κ2) is 7.57. The van der Waals surface area contributed by atoms with E-state index in [-0.39, 0.29) is 5.69 Å². The van der Waals surface area contributed by atoms with Crippen molar-refractivity contribution in [3.63, 3.8) is 0 Å². The summed E-state index contributed by atoms with van der Waals surface area (Å²) in [5, 5.41) is 26.2. The molecule has 21 heavy (non-hydrogen) atoms. The molecular weight excluding hydrogens is 270 g/mol. The van der Waals surface area contributed by atoms with Gasteiger partial charge in [-0.05, 0) is 25.1 Å². The van der Waals surface area contributed by atoms with E-state index in [1.54, 1.807) is 12.1 Å². The van der Waals surface area contributed by atoms with Gasteiger partial charge < -0.3 is 15.5 Å². The highest BCUT2D eigenvalue weighted by atomic mass is 16.6. The third-order valence-electron chi connectivity index (χ3n) is 3.50. The van der Waals surface area contributed by atoms with Crippen molar-refractivity contribution in [3.8, 4) is 6.07 Å². The number of nitro benzene ring substituents is 1. The maximum atomic E-state index is 11.0. The topological polar surface area (TPSA) is 94.2 Å². The third kappa shape index (κ3) is 4.41. The Bertz CT molecular complexity index is 535. The maximum absolute atomic E-state index is 11.0. The number of nitriles is 1. The van der Waals surface area contributed by atoms with E-state index in [0.717, 1.165) is 39.1 Å². The summed E-state index contributed by atoms with van der Waals surface area (Å²) in [5.41, 5.74) is 0.726. The van der Waals surface area contributed by atoms with Crippen molar-refractivity contribution >= 4 is 11.4 Å². The molecule has 1 heterocycles. The van der Waals surface area contributed by atoms with Gasteiger partial charge in [-0.2, -0.15) is 5.26 Å². The molecule has 2 rings (SSSR count). The maximum Gasteiger partial charge on any atom is 0.293 e. The van der Waals surface area contributed by atoms with E-state index >= 15 is 0 Å². The molecule has 0 spiro atoms. The Balaban J connectivity index is 1.85. The van der Waals surface area contributed by atoms with Crippen LogP contribution in [0.2, 0.25) is 0 Å². The number of nitrogens with zero attached hydrogens (tertiary/aromatic N) is 3. The van der Waals surface area contributed by atoms with Gasteiger partial charge in [0.2, 0.25) is 0 Å². The van der Waals surface area contributed by atoms with E-state index in [9.17, 15) is 10.1 Å². The fraction of sp³-hybridized carbons (Fsp3) is 0.500. The van der Waals surface area contributed by atoms with Crippen molar-refractivity contribution in [2.24, 2.45) is 0 Å². The zero-order valence-electron chi connectivity index (χ0n) is 11.8. The van der Waals surface area contributed by atoms with Crippen molar-refractivity contribution in [2.75, 3.05) is 44.6 Å². The fourth-order valence-electron chi connectivity index (χ4n) is 2.36. The molecule has 0 saturated carbocycles. The first-order valence-electron chi connectivity index (χ1n) is 7.06. The molecule has 7 nitrogen and oxygen atoms in total. The predicted octanol–water partition coefficient (Wildman–Crippen LogP) is 1.17. The van der Waals surface area contributed by atoms with Crippen molar-refractivity contribution in [1.29, 1.82) is 5.26 Å². The number of rotatable bonds is 6. The molecule has 0 aromatic heterocycles. The summed E-state index contributed by atoms with van der Waals surface area (Å²) in [7, 11) is 0. The molecule has 0 atom stereocenters. The molecule has 0 amide bonds. The molecule has 0 radical (unpaired) electrons. The smallest absolute Gasteiger partial charge is 0.293 e. The molecule has 7 heteroatoms. The van der Waals surface area contributed by atoms with E-state index in [2.05, 4.69) is 15.5 Å². The van der Waals surface area contributed by atoms with Crippen LogP contribution < -0.4 is 10.6 Å². The minimum atomic E-state index is -0.459. The van der Waals surface area contributed by atoms with E-state index in [1.807, 2.05) is 6.07 Å². The van der Waals surface area contributed by atoms with Gasteiger partial charge in [0.1, 0.15) is 5.69 Å². The zero-order valence-corrected chi connectivity index (χ0v) is 11.8. The molecule has 1 fully saturated rings.